The second-order valence-electron chi connectivity index (χ2n) is 7.39. The number of likely N-dealkylation sites (tertiary alicyclic amines) is 1. The van der Waals surface area contributed by atoms with Crippen LogP contribution in [-0.4, -0.2) is 48.8 Å². The van der Waals surface area contributed by atoms with Crippen LogP contribution in [0.15, 0.2) is 22.7 Å². The van der Waals surface area contributed by atoms with Crippen LogP contribution in [0.5, 0.6) is 5.75 Å². The molecule has 26 heavy (non-hydrogen) atoms. The standard InChI is InChI=1S/C18H25BrF2N2O3/c1-17(2,3)26-16(24)22-5-7-25-15-9-13(8-14(19)10-15)11-23-6-4-18(20,21)12-23/h8-10H,4-7,11-12H2,1-3H3,(H,22,24). The summed E-state index contributed by atoms with van der Waals surface area (Å²) in [6.07, 6.45) is -0.591. The highest BCUT2D eigenvalue weighted by molar-refractivity contribution is 9.10. The van der Waals surface area contributed by atoms with E-state index in [4.69, 9.17) is 9.47 Å². The van der Waals surface area contributed by atoms with Crippen LogP contribution in [0.25, 0.3) is 0 Å². The molecule has 0 unspecified atom stereocenters. The Morgan fingerprint density at radius 1 is 1.35 bits per heavy atom. The Morgan fingerprint density at radius 3 is 2.69 bits per heavy atom. The molecular formula is C18H25BrF2N2O3. The SMILES string of the molecule is CC(C)(C)OC(=O)NCCOc1cc(Br)cc(CN2CCC(F)(F)C2)c1. The zero-order chi connectivity index (χ0) is 19.4. The summed E-state index contributed by atoms with van der Waals surface area (Å²) in [5.41, 5.74) is 0.350. The molecule has 1 aliphatic heterocycles. The fourth-order valence-corrected chi connectivity index (χ4v) is 3.15. The average Bonchev–Trinajstić information content (AvgIpc) is 2.80. The van der Waals surface area contributed by atoms with Crippen molar-refractivity contribution in [2.24, 2.45) is 0 Å². The molecule has 1 saturated heterocycles. The van der Waals surface area contributed by atoms with Crippen molar-refractivity contribution in [2.45, 2.75) is 45.3 Å². The highest BCUT2D eigenvalue weighted by Gasteiger charge is 2.37. The summed E-state index contributed by atoms with van der Waals surface area (Å²) >= 11 is 3.41. The van der Waals surface area contributed by atoms with E-state index in [2.05, 4.69) is 21.2 Å². The maximum atomic E-state index is 13.3. The van der Waals surface area contributed by atoms with Gasteiger partial charge >= 0.3 is 6.09 Å². The molecule has 1 amide bonds. The number of alkyl halides is 2. The van der Waals surface area contributed by atoms with Gasteiger partial charge in [-0.15, -0.1) is 0 Å². The number of benzene rings is 1. The summed E-state index contributed by atoms with van der Waals surface area (Å²) < 4.78 is 38.2. The van der Waals surface area contributed by atoms with Gasteiger partial charge in [-0.1, -0.05) is 15.9 Å². The van der Waals surface area contributed by atoms with E-state index in [-0.39, 0.29) is 19.6 Å². The third kappa shape index (κ3) is 7.45. The van der Waals surface area contributed by atoms with Crippen molar-refractivity contribution in [1.82, 2.24) is 10.2 Å². The predicted octanol–water partition coefficient (Wildman–Crippen LogP) is 4.19. The lowest BCUT2D eigenvalue weighted by molar-refractivity contribution is 0.0115. The Kier molecular flexibility index (Phi) is 6.85. The first-order valence-corrected chi connectivity index (χ1v) is 9.31. The second-order valence-corrected chi connectivity index (χ2v) is 8.30. The molecule has 1 aromatic carbocycles. The Labute approximate surface area is 161 Å². The maximum Gasteiger partial charge on any atom is 0.407 e. The van der Waals surface area contributed by atoms with Crippen LogP contribution in [0.3, 0.4) is 0 Å². The highest BCUT2D eigenvalue weighted by Crippen LogP contribution is 2.29. The number of ether oxygens (including phenoxy) is 2. The third-order valence-corrected chi connectivity index (χ3v) is 4.08. The van der Waals surface area contributed by atoms with E-state index in [1.54, 1.807) is 31.7 Å². The summed E-state index contributed by atoms with van der Waals surface area (Å²) in [6, 6.07) is 5.52. The molecule has 0 bridgehead atoms. The monoisotopic (exact) mass is 434 g/mol. The van der Waals surface area contributed by atoms with Crippen molar-refractivity contribution in [3.05, 3.63) is 28.2 Å². The Morgan fingerprint density at radius 2 is 2.08 bits per heavy atom. The van der Waals surface area contributed by atoms with E-state index in [9.17, 15) is 13.6 Å². The summed E-state index contributed by atoms with van der Waals surface area (Å²) in [7, 11) is 0. The molecule has 1 aliphatic rings. The van der Waals surface area contributed by atoms with Crippen molar-refractivity contribution in [3.63, 3.8) is 0 Å². The van der Waals surface area contributed by atoms with Gasteiger partial charge in [0.25, 0.3) is 5.92 Å². The van der Waals surface area contributed by atoms with Crippen LogP contribution in [0.4, 0.5) is 13.6 Å². The van der Waals surface area contributed by atoms with Gasteiger partial charge in [-0.3, -0.25) is 4.90 Å². The molecule has 1 aromatic rings. The zero-order valence-corrected chi connectivity index (χ0v) is 16.9. The summed E-state index contributed by atoms with van der Waals surface area (Å²) in [5.74, 6) is -1.98. The van der Waals surface area contributed by atoms with Gasteiger partial charge in [0.1, 0.15) is 18.0 Å². The first kappa shape index (κ1) is 20.9. The number of carbonyl (C=O) groups is 1. The molecule has 5 nitrogen and oxygen atoms in total. The minimum atomic E-state index is -2.60. The average molecular weight is 435 g/mol. The molecule has 0 saturated carbocycles. The lowest BCUT2D eigenvalue weighted by atomic mass is 10.2. The summed E-state index contributed by atoms with van der Waals surface area (Å²) in [5, 5.41) is 2.62. The van der Waals surface area contributed by atoms with E-state index in [1.165, 1.54) is 0 Å². The van der Waals surface area contributed by atoms with E-state index in [0.29, 0.717) is 25.4 Å². The van der Waals surface area contributed by atoms with Crippen LogP contribution < -0.4 is 10.1 Å². The van der Waals surface area contributed by atoms with Gasteiger partial charge in [0.05, 0.1) is 13.1 Å². The van der Waals surface area contributed by atoms with E-state index in [1.807, 2.05) is 12.1 Å². The van der Waals surface area contributed by atoms with E-state index >= 15 is 0 Å². The minimum absolute atomic E-state index is 0.0965. The lowest BCUT2D eigenvalue weighted by Gasteiger charge is -2.19. The number of hydrogen-bond acceptors (Lipinski definition) is 4. The number of nitrogens with zero attached hydrogens (tertiary/aromatic N) is 1. The fraction of sp³-hybridized carbons (Fsp3) is 0.611. The summed E-state index contributed by atoms with van der Waals surface area (Å²) in [6.45, 7) is 6.58. The normalized spacial score (nSPS) is 17.2. The number of rotatable bonds is 6. The van der Waals surface area contributed by atoms with Gasteiger partial charge in [-0.05, 0) is 44.5 Å². The Bertz CT molecular complexity index is 635. The van der Waals surface area contributed by atoms with Crippen LogP contribution in [-0.2, 0) is 11.3 Å². The maximum absolute atomic E-state index is 13.3. The van der Waals surface area contributed by atoms with Crippen molar-refractivity contribution in [3.8, 4) is 5.75 Å². The number of alkyl carbamates (subject to hydrolysis) is 1. The molecule has 8 heteroatoms. The Balaban J connectivity index is 1.81. The molecule has 0 radical (unpaired) electrons. The molecule has 1 N–H and O–H groups in total. The number of hydrogen-bond donors (Lipinski definition) is 1. The van der Waals surface area contributed by atoms with Crippen LogP contribution in [0.1, 0.15) is 32.8 Å². The number of halogens is 3. The van der Waals surface area contributed by atoms with E-state index < -0.39 is 17.6 Å². The van der Waals surface area contributed by atoms with Gasteiger partial charge < -0.3 is 14.8 Å². The number of nitrogens with one attached hydrogen (secondary N) is 1. The van der Waals surface area contributed by atoms with E-state index in [0.717, 1.165) is 10.0 Å². The highest BCUT2D eigenvalue weighted by atomic mass is 79.9. The van der Waals surface area contributed by atoms with Crippen molar-refractivity contribution >= 4 is 22.0 Å². The molecule has 1 fully saturated rings. The van der Waals surface area contributed by atoms with Crippen LogP contribution in [0.2, 0.25) is 0 Å². The molecule has 1 heterocycles. The first-order chi connectivity index (χ1) is 12.0. The first-order valence-electron chi connectivity index (χ1n) is 8.52. The second kappa shape index (κ2) is 8.52. The quantitative estimate of drug-likeness (QED) is 0.681. The van der Waals surface area contributed by atoms with Crippen molar-refractivity contribution in [1.29, 1.82) is 0 Å². The van der Waals surface area contributed by atoms with Crippen molar-refractivity contribution < 1.29 is 23.0 Å². The molecule has 0 aliphatic carbocycles. The molecule has 0 spiro atoms. The number of amides is 1. The van der Waals surface area contributed by atoms with Crippen LogP contribution >= 0.6 is 15.9 Å². The molecular weight excluding hydrogens is 410 g/mol. The molecule has 0 aromatic heterocycles. The van der Waals surface area contributed by atoms with Gasteiger partial charge in [0, 0.05) is 24.0 Å². The zero-order valence-electron chi connectivity index (χ0n) is 15.3. The molecule has 0 atom stereocenters. The van der Waals surface area contributed by atoms with Gasteiger partial charge in [0.15, 0.2) is 0 Å². The fourth-order valence-electron chi connectivity index (χ4n) is 2.63. The molecule has 2 rings (SSSR count). The Hall–Kier alpha value is -1.41. The van der Waals surface area contributed by atoms with Crippen molar-refractivity contribution in [2.75, 3.05) is 26.2 Å². The lowest BCUT2D eigenvalue weighted by Crippen LogP contribution is -2.34. The smallest absolute Gasteiger partial charge is 0.407 e. The van der Waals surface area contributed by atoms with Gasteiger partial charge in [-0.25, -0.2) is 13.6 Å². The predicted molar refractivity (Wildman–Crippen MR) is 98.7 cm³/mol. The van der Waals surface area contributed by atoms with Gasteiger partial charge in [0.2, 0.25) is 0 Å². The molecule has 146 valence electrons. The third-order valence-electron chi connectivity index (χ3n) is 3.63. The largest absolute Gasteiger partial charge is 0.492 e. The van der Waals surface area contributed by atoms with Gasteiger partial charge in [-0.2, -0.15) is 0 Å². The summed E-state index contributed by atoms with van der Waals surface area (Å²) in [4.78, 5) is 13.3. The van der Waals surface area contributed by atoms with Crippen LogP contribution in [0, 0.1) is 0 Å². The number of carbonyl (C=O) groups excluding carboxylic acids is 1. The minimum Gasteiger partial charge on any atom is -0.492 e. The topological polar surface area (TPSA) is 50.8 Å².